The lowest BCUT2D eigenvalue weighted by atomic mass is 10.00. The van der Waals surface area contributed by atoms with Crippen LogP contribution in [-0.2, 0) is 0 Å². The van der Waals surface area contributed by atoms with E-state index in [0.29, 0.717) is 19.5 Å². The van der Waals surface area contributed by atoms with E-state index in [-0.39, 0.29) is 0 Å². The molecular weight excluding hydrogens is 383 g/mol. The molecular formula is C19H18BrFN4. The van der Waals surface area contributed by atoms with Gasteiger partial charge in [0, 0.05) is 18.4 Å². The number of anilines is 1. The lowest BCUT2D eigenvalue weighted by Crippen LogP contribution is -2.22. The first-order valence-electron chi connectivity index (χ1n) is 8.29. The van der Waals surface area contributed by atoms with E-state index in [9.17, 15) is 4.39 Å². The van der Waals surface area contributed by atoms with Crippen molar-refractivity contribution in [1.29, 1.82) is 0 Å². The first kappa shape index (κ1) is 16.3. The number of imidazole rings is 1. The van der Waals surface area contributed by atoms with Crippen LogP contribution in [0.1, 0.15) is 12.1 Å². The van der Waals surface area contributed by atoms with Gasteiger partial charge in [0.15, 0.2) is 0 Å². The summed E-state index contributed by atoms with van der Waals surface area (Å²) in [6.45, 7) is 3.01. The highest BCUT2D eigenvalue weighted by Gasteiger charge is 2.27. The summed E-state index contributed by atoms with van der Waals surface area (Å²) in [4.78, 5) is 14.5. The topological polar surface area (TPSA) is 44.8 Å². The quantitative estimate of drug-likeness (QED) is 0.689. The number of aromatic nitrogens is 3. The molecule has 1 unspecified atom stereocenters. The van der Waals surface area contributed by atoms with Gasteiger partial charge in [-0.3, -0.25) is 0 Å². The van der Waals surface area contributed by atoms with Gasteiger partial charge in [-0.05, 0) is 46.5 Å². The maximum absolute atomic E-state index is 13.8. The zero-order chi connectivity index (χ0) is 17.4. The second-order valence-electron chi connectivity index (χ2n) is 6.26. The largest absolute Gasteiger partial charge is 0.353 e. The second kappa shape index (κ2) is 6.59. The number of hydrogen-bond acceptors (Lipinski definition) is 3. The minimum Gasteiger partial charge on any atom is -0.353 e. The fourth-order valence-electron chi connectivity index (χ4n) is 3.25. The van der Waals surface area contributed by atoms with Crippen LogP contribution in [0.15, 0.2) is 47.2 Å². The molecule has 0 spiro atoms. The van der Waals surface area contributed by atoms with Crippen molar-refractivity contribution in [3.05, 3.63) is 52.9 Å². The molecule has 1 fully saturated rings. The average molecular weight is 401 g/mol. The molecule has 3 heterocycles. The predicted octanol–water partition coefficient (Wildman–Crippen LogP) is 4.76. The van der Waals surface area contributed by atoms with E-state index in [0.717, 1.165) is 38.6 Å². The Balaban J connectivity index is 1.93. The van der Waals surface area contributed by atoms with Crippen LogP contribution in [0.25, 0.3) is 22.5 Å². The number of rotatable bonds is 3. The van der Waals surface area contributed by atoms with Crippen LogP contribution in [0.3, 0.4) is 0 Å². The van der Waals surface area contributed by atoms with Gasteiger partial charge in [-0.25, -0.2) is 14.4 Å². The van der Waals surface area contributed by atoms with Crippen LogP contribution in [0, 0.1) is 6.92 Å². The number of nitrogens with zero attached hydrogens (tertiary/aromatic N) is 3. The van der Waals surface area contributed by atoms with E-state index < -0.39 is 6.17 Å². The highest BCUT2D eigenvalue weighted by Crippen LogP contribution is 2.38. The van der Waals surface area contributed by atoms with Crippen molar-refractivity contribution >= 4 is 21.7 Å². The maximum atomic E-state index is 13.8. The first-order valence-corrected chi connectivity index (χ1v) is 9.08. The number of halogens is 2. The van der Waals surface area contributed by atoms with Gasteiger partial charge in [0.05, 0.1) is 12.1 Å². The summed E-state index contributed by atoms with van der Waals surface area (Å²) in [5.41, 5.74) is 3.99. The molecule has 4 nitrogen and oxygen atoms in total. The summed E-state index contributed by atoms with van der Waals surface area (Å²) in [6.07, 6.45) is 1.52. The van der Waals surface area contributed by atoms with Crippen LogP contribution >= 0.6 is 15.9 Å². The number of hydrogen-bond donors (Lipinski definition) is 1. The second-order valence-corrected chi connectivity index (χ2v) is 7.01. The van der Waals surface area contributed by atoms with Crippen LogP contribution in [-0.4, -0.2) is 34.2 Å². The highest BCUT2D eigenvalue weighted by atomic mass is 79.9. The lowest BCUT2D eigenvalue weighted by Gasteiger charge is -2.21. The Kier molecular flexibility index (Phi) is 4.29. The van der Waals surface area contributed by atoms with Gasteiger partial charge < -0.3 is 9.88 Å². The summed E-state index contributed by atoms with van der Waals surface area (Å²) < 4.78 is 14.6. The molecule has 1 aliphatic rings. The average Bonchev–Trinajstić information content (AvgIpc) is 3.21. The fourth-order valence-corrected chi connectivity index (χ4v) is 3.53. The van der Waals surface area contributed by atoms with Crippen molar-refractivity contribution in [1.82, 2.24) is 15.0 Å². The van der Waals surface area contributed by atoms with Gasteiger partial charge in [-0.1, -0.05) is 30.3 Å². The van der Waals surface area contributed by atoms with Crippen molar-refractivity contribution in [2.75, 3.05) is 18.0 Å². The molecule has 1 aliphatic heterocycles. The monoisotopic (exact) mass is 400 g/mol. The number of aryl methyl sites for hydroxylation is 1. The Hall–Kier alpha value is -2.21. The Bertz CT molecular complexity index is 874. The molecule has 1 saturated heterocycles. The van der Waals surface area contributed by atoms with Gasteiger partial charge in [-0.15, -0.1) is 0 Å². The smallest absolute Gasteiger partial charge is 0.143 e. The minimum absolute atomic E-state index is 0.374. The summed E-state index contributed by atoms with van der Waals surface area (Å²) in [5, 5.41) is 0. The van der Waals surface area contributed by atoms with Gasteiger partial charge in [0.1, 0.15) is 22.4 Å². The van der Waals surface area contributed by atoms with E-state index in [1.807, 2.05) is 36.1 Å². The number of pyridine rings is 1. The van der Waals surface area contributed by atoms with Crippen molar-refractivity contribution < 1.29 is 4.39 Å². The molecule has 25 heavy (non-hydrogen) atoms. The lowest BCUT2D eigenvalue weighted by molar-refractivity contribution is 0.364. The zero-order valence-corrected chi connectivity index (χ0v) is 15.4. The van der Waals surface area contributed by atoms with E-state index in [1.165, 1.54) is 0 Å². The first-order chi connectivity index (χ1) is 12.1. The van der Waals surface area contributed by atoms with Crippen LogP contribution in [0.2, 0.25) is 0 Å². The van der Waals surface area contributed by atoms with E-state index in [1.54, 1.807) is 6.20 Å². The summed E-state index contributed by atoms with van der Waals surface area (Å²) >= 11 is 3.48. The number of aromatic amines is 1. The summed E-state index contributed by atoms with van der Waals surface area (Å²) in [6, 6.07) is 12.1. The molecule has 0 aliphatic carbocycles. The third-order valence-corrected chi connectivity index (χ3v) is 5.28. The van der Waals surface area contributed by atoms with Gasteiger partial charge >= 0.3 is 0 Å². The minimum atomic E-state index is -0.805. The molecule has 0 bridgehead atoms. The fraction of sp³-hybridized carbons (Fsp3) is 0.263. The Morgan fingerprint density at radius 1 is 1.24 bits per heavy atom. The molecule has 0 saturated carbocycles. The van der Waals surface area contributed by atoms with Gasteiger partial charge in [-0.2, -0.15) is 0 Å². The van der Waals surface area contributed by atoms with Crippen molar-refractivity contribution in [2.24, 2.45) is 0 Å². The van der Waals surface area contributed by atoms with E-state index in [2.05, 4.69) is 43.0 Å². The van der Waals surface area contributed by atoms with Gasteiger partial charge in [0.2, 0.25) is 0 Å². The maximum Gasteiger partial charge on any atom is 0.143 e. The SMILES string of the molecule is Cc1[nH]c(-c2c(-c3ccccc3)ccnc2N2CCC(F)C2)nc1Br. The molecule has 0 radical (unpaired) electrons. The number of H-pyrrole nitrogens is 1. The van der Waals surface area contributed by atoms with Gasteiger partial charge in [0.25, 0.3) is 0 Å². The van der Waals surface area contributed by atoms with Crippen molar-refractivity contribution in [3.63, 3.8) is 0 Å². The zero-order valence-electron chi connectivity index (χ0n) is 13.8. The van der Waals surface area contributed by atoms with Crippen LogP contribution in [0.4, 0.5) is 10.2 Å². The third-order valence-electron chi connectivity index (χ3n) is 4.51. The molecule has 4 rings (SSSR count). The number of alkyl halides is 1. The number of nitrogens with one attached hydrogen (secondary N) is 1. The highest BCUT2D eigenvalue weighted by molar-refractivity contribution is 9.10. The Labute approximate surface area is 154 Å². The standard InChI is InChI=1S/C19H18BrFN4/c1-12-17(20)24-18(23-12)16-15(13-5-3-2-4-6-13)7-9-22-19(16)25-10-8-14(21)11-25/h2-7,9,14H,8,10-11H2,1H3,(H,23,24). The van der Waals surface area contributed by atoms with Crippen molar-refractivity contribution in [2.45, 2.75) is 19.5 Å². The number of benzene rings is 1. The van der Waals surface area contributed by atoms with Crippen LogP contribution < -0.4 is 4.90 Å². The summed E-state index contributed by atoms with van der Waals surface area (Å²) in [5.74, 6) is 1.52. The molecule has 128 valence electrons. The molecule has 2 aromatic heterocycles. The molecule has 1 N–H and O–H groups in total. The molecule has 0 amide bonds. The predicted molar refractivity (Wildman–Crippen MR) is 101 cm³/mol. The van der Waals surface area contributed by atoms with Crippen LogP contribution in [0.5, 0.6) is 0 Å². The summed E-state index contributed by atoms with van der Waals surface area (Å²) in [7, 11) is 0. The molecule has 6 heteroatoms. The van der Waals surface area contributed by atoms with Crippen molar-refractivity contribution in [3.8, 4) is 22.5 Å². The normalized spacial score (nSPS) is 17.2. The van der Waals surface area contributed by atoms with E-state index >= 15 is 0 Å². The molecule has 1 aromatic carbocycles. The molecule has 3 aromatic rings. The Morgan fingerprint density at radius 2 is 2.04 bits per heavy atom. The van der Waals surface area contributed by atoms with E-state index in [4.69, 9.17) is 0 Å². The Morgan fingerprint density at radius 3 is 2.68 bits per heavy atom. The molecule has 1 atom stereocenters. The third kappa shape index (κ3) is 3.06.